The van der Waals surface area contributed by atoms with Gasteiger partial charge in [-0.2, -0.15) is 8.78 Å². The number of benzene rings is 2. The molecule has 0 aliphatic carbocycles. The van der Waals surface area contributed by atoms with Gasteiger partial charge in [-0.05, 0) is 47.2 Å². The fourth-order valence-electron chi connectivity index (χ4n) is 2.75. The highest BCUT2D eigenvalue weighted by Gasteiger charge is 2.19. The van der Waals surface area contributed by atoms with Crippen LogP contribution in [0.4, 0.5) is 8.78 Å². The van der Waals surface area contributed by atoms with E-state index in [1.54, 1.807) is 17.4 Å². The van der Waals surface area contributed by atoms with E-state index in [9.17, 15) is 13.6 Å². The first-order valence-corrected chi connectivity index (χ1v) is 9.42. The third kappa shape index (κ3) is 4.92. The van der Waals surface area contributed by atoms with Crippen LogP contribution >= 0.6 is 11.3 Å². The second kappa shape index (κ2) is 8.77. The molecule has 1 amide bonds. The quantitative estimate of drug-likeness (QED) is 0.587. The van der Waals surface area contributed by atoms with Crippen LogP contribution < -0.4 is 10.1 Å². The fraction of sp³-hybridized carbons (Fsp3) is 0.190. The Bertz CT molecular complexity index is 879. The number of halogens is 2. The molecule has 0 fully saturated rings. The summed E-state index contributed by atoms with van der Waals surface area (Å²) >= 11 is 1.55. The van der Waals surface area contributed by atoms with Gasteiger partial charge in [0, 0.05) is 10.4 Å². The molecule has 0 saturated carbocycles. The molecule has 1 heterocycles. The molecule has 140 valence electrons. The molecule has 6 heteroatoms. The Labute approximate surface area is 160 Å². The molecule has 1 atom stereocenters. The van der Waals surface area contributed by atoms with Crippen LogP contribution in [0.25, 0.3) is 0 Å². The molecule has 27 heavy (non-hydrogen) atoms. The third-order valence-corrected chi connectivity index (χ3v) is 5.08. The van der Waals surface area contributed by atoms with E-state index >= 15 is 0 Å². The predicted molar refractivity (Wildman–Crippen MR) is 103 cm³/mol. The van der Waals surface area contributed by atoms with Gasteiger partial charge in [0.1, 0.15) is 5.75 Å². The molecule has 0 saturated heterocycles. The lowest BCUT2D eigenvalue weighted by Gasteiger charge is -2.19. The number of carbonyl (C=O) groups is 1. The second-order valence-corrected chi connectivity index (χ2v) is 6.90. The molecular formula is C21H19F2NO2S. The van der Waals surface area contributed by atoms with Crippen molar-refractivity contribution in [2.45, 2.75) is 26.0 Å². The zero-order chi connectivity index (χ0) is 19.2. The molecule has 3 aromatic rings. The molecule has 3 nitrogen and oxygen atoms in total. The van der Waals surface area contributed by atoms with Gasteiger partial charge >= 0.3 is 6.61 Å². The number of alkyl halides is 2. The van der Waals surface area contributed by atoms with Crippen molar-refractivity contribution in [2.75, 3.05) is 0 Å². The maximum absolute atomic E-state index is 12.7. The van der Waals surface area contributed by atoms with Crippen molar-refractivity contribution < 1.29 is 18.3 Å². The van der Waals surface area contributed by atoms with Crippen LogP contribution in [0.1, 0.15) is 39.3 Å². The first kappa shape index (κ1) is 19.0. The minimum Gasteiger partial charge on any atom is -0.435 e. The van der Waals surface area contributed by atoms with Gasteiger partial charge in [-0.3, -0.25) is 4.79 Å². The molecule has 0 aliphatic heterocycles. The summed E-state index contributed by atoms with van der Waals surface area (Å²) in [6, 6.07) is 17.4. The van der Waals surface area contributed by atoms with Crippen molar-refractivity contribution in [3.05, 3.63) is 87.6 Å². The number of carbonyl (C=O) groups excluding carboxylic acids is 1. The van der Waals surface area contributed by atoms with E-state index < -0.39 is 6.61 Å². The summed E-state index contributed by atoms with van der Waals surface area (Å²) in [7, 11) is 0. The van der Waals surface area contributed by atoms with E-state index in [1.807, 2.05) is 41.8 Å². The molecule has 0 spiro atoms. The van der Waals surface area contributed by atoms with Crippen LogP contribution in [0, 0.1) is 0 Å². The Morgan fingerprint density at radius 1 is 1.11 bits per heavy atom. The monoisotopic (exact) mass is 387 g/mol. The highest BCUT2D eigenvalue weighted by atomic mass is 32.1. The summed E-state index contributed by atoms with van der Waals surface area (Å²) in [5, 5.41) is 4.95. The minimum absolute atomic E-state index is 0.0439. The predicted octanol–water partition coefficient (Wildman–Crippen LogP) is 5.43. The molecule has 2 aromatic carbocycles. The van der Waals surface area contributed by atoms with Crippen LogP contribution in [-0.2, 0) is 6.42 Å². The Hall–Kier alpha value is -2.73. The Balaban J connectivity index is 1.85. The maximum Gasteiger partial charge on any atom is 0.387 e. The summed E-state index contributed by atoms with van der Waals surface area (Å²) in [5.41, 5.74) is 2.44. The van der Waals surface area contributed by atoms with Crippen molar-refractivity contribution in [3.63, 3.8) is 0 Å². The first-order valence-electron chi connectivity index (χ1n) is 8.54. The normalized spacial score (nSPS) is 12.0. The van der Waals surface area contributed by atoms with Gasteiger partial charge in [0.2, 0.25) is 0 Å². The Morgan fingerprint density at radius 3 is 2.52 bits per heavy atom. The van der Waals surface area contributed by atoms with Crippen LogP contribution in [0.2, 0.25) is 0 Å². The lowest BCUT2D eigenvalue weighted by atomic mass is 10.0. The minimum atomic E-state index is -2.93. The molecule has 1 aromatic heterocycles. The zero-order valence-electron chi connectivity index (χ0n) is 14.7. The topological polar surface area (TPSA) is 38.3 Å². The number of rotatable bonds is 7. The van der Waals surface area contributed by atoms with E-state index in [0.717, 1.165) is 16.9 Å². The highest BCUT2D eigenvalue weighted by Crippen LogP contribution is 2.27. The Kier molecular flexibility index (Phi) is 6.19. The molecule has 0 radical (unpaired) electrons. The van der Waals surface area contributed by atoms with Crippen molar-refractivity contribution in [3.8, 4) is 5.75 Å². The molecule has 0 aliphatic rings. The number of hydrogen-bond acceptors (Lipinski definition) is 3. The average molecular weight is 387 g/mol. The molecule has 1 N–H and O–H groups in total. The van der Waals surface area contributed by atoms with E-state index in [-0.39, 0.29) is 23.3 Å². The number of thiophene rings is 1. The van der Waals surface area contributed by atoms with Gasteiger partial charge < -0.3 is 10.1 Å². The lowest BCUT2D eigenvalue weighted by Crippen LogP contribution is -2.28. The number of nitrogens with one attached hydrogen (secondary N) is 1. The summed E-state index contributed by atoms with van der Waals surface area (Å²) in [6.07, 6.45) is 0.938. The fourth-order valence-corrected chi connectivity index (χ4v) is 3.55. The van der Waals surface area contributed by atoms with Gasteiger partial charge in [-0.15, -0.1) is 11.3 Å². The number of hydrogen-bond donors (Lipinski definition) is 1. The van der Waals surface area contributed by atoms with E-state index in [2.05, 4.69) is 17.0 Å². The smallest absolute Gasteiger partial charge is 0.387 e. The SMILES string of the molecule is CCc1ccc([C@H](NC(=O)c2cccc(OC(F)F)c2)c2cccs2)cc1. The van der Waals surface area contributed by atoms with Crippen LogP contribution in [0.15, 0.2) is 66.0 Å². The van der Waals surface area contributed by atoms with Crippen molar-refractivity contribution >= 4 is 17.2 Å². The van der Waals surface area contributed by atoms with Crippen molar-refractivity contribution in [1.82, 2.24) is 5.32 Å². The van der Waals surface area contributed by atoms with Crippen LogP contribution in [0.3, 0.4) is 0 Å². The lowest BCUT2D eigenvalue weighted by molar-refractivity contribution is -0.0498. The number of aryl methyl sites for hydroxylation is 1. The molecule has 0 bridgehead atoms. The largest absolute Gasteiger partial charge is 0.435 e. The Morgan fingerprint density at radius 2 is 1.89 bits per heavy atom. The van der Waals surface area contributed by atoms with E-state index in [1.165, 1.54) is 23.8 Å². The number of amides is 1. The van der Waals surface area contributed by atoms with Gasteiger partial charge in [0.05, 0.1) is 6.04 Å². The molecule has 3 rings (SSSR count). The number of ether oxygens (including phenoxy) is 1. The summed E-state index contributed by atoms with van der Waals surface area (Å²) in [6.45, 7) is -0.846. The molecule has 0 unspecified atom stereocenters. The van der Waals surface area contributed by atoms with Crippen molar-refractivity contribution in [2.24, 2.45) is 0 Å². The summed E-state index contributed by atoms with van der Waals surface area (Å²) in [5.74, 6) is -0.398. The summed E-state index contributed by atoms with van der Waals surface area (Å²) < 4.78 is 29.2. The van der Waals surface area contributed by atoms with Gasteiger partial charge in [-0.1, -0.05) is 43.3 Å². The van der Waals surface area contributed by atoms with E-state index in [4.69, 9.17) is 0 Å². The second-order valence-electron chi connectivity index (χ2n) is 5.92. The van der Waals surface area contributed by atoms with Crippen LogP contribution in [-0.4, -0.2) is 12.5 Å². The molecular weight excluding hydrogens is 368 g/mol. The van der Waals surface area contributed by atoms with Crippen LogP contribution in [0.5, 0.6) is 5.75 Å². The average Bonchev–Trinajstić information content (AvgIpc) is 3.20. The van der Waals surface area contributed by atoms with Gasteiger partial charge in [0.25, 0.3) is 5.91 Å². The van der Waals surface area contributed by atoms with Gasteiger partial charge in [0.15, 0.2) is 0 Å². The van der Waals surface area contributed by atoms with Gasteiger partial charge in [-0.25, -0.2) is 0 Å². The standard InChI is InChI=1S/C21H19F2NO2S/c1-2-14-8-10-15(11-9-14)19(18-7-4-12-27-18)24-20(25)16-5-3-6-17(13-16)26-21(22)23/h3-13,19,21H,2H2,1H3,(H,24,25)/t19-/m0/s1. The van der Waals surface area contributed by atoms with Crippen molar-refractivity contribution in [1.29, 1.82) is 0 Å². The van der Waals surface area contributed by atoms with E-state index in [0.29, 0.717) is 0 Å². The first-order chi connectivity index (χ1) is 13.1. The zero-order valence-corrected chi connectivity index (χ0v) is 15.5. The third-order valence-electron chi connectivity index (χ3n) is 4.15. The highest BCUT2D eigenvalue weighted by molar-refractivity contribution is 7.10. The maximum atomic E-state index is 12.7. The summed E-state index contributed by atoms with van der Waals surface area (Å²) in [4.78, 5) is 13.7.